The van der Waals surface area contributed by atoms with E-state index in [1.807, 2.05) is 0 Å². The summed E-state index contributed by atoms with van der Waals surface area (Å²) in [6, 6.07) is 6.41. The largest absolute Gasteiger partial charge is 0.325 e. The van der Waals surface area contributed by atoms with Crippen LogP contribution in [0.2, 0.25) is 0 Å². The van der Waals surface area contributed by atoms with Gasteiger partial charge in [0.2, 0.25) is 15.9 Å². The lowest BCUT2D eigenvalue weighted by molar-refractivity contribution is -0.120. The molecule has 0 unspecified atom stereocenters. The first-order valence-corrected chi connectivity index (χ1v) is 8.07. The molecule has 6 nitrogen and oxygen atoms in total. The molecule has 1 aliphatic rings. The molecule has 0 bridgehead atoms. The molecule has 1 fully saturated rings. The quantitative estimate of drug-likeness (QED) is 0.756. The second-order valence-corrected chi connectivity index (χ2v) is 6.57. The van der Waals surface area contributed by atoms with Crippen LogP contribution in [-0.4, -0.2) is 34.5 Å². The summed E-state index contributed by atoms with van der Waals surface area (Å²) in [6.45, 7) is 1.63. The molecular formula is C13H19N3O3S. The second kappa shape index (κ2) is 6.34. The van der Waals surface area contributed by atoms with E-state index < -0.39 is 10.0 Å². The average molecular weight is 297 g/mol. The van der Waals surface area contributed by atoms with Crippen molar-refractivity contribution >= 4 is 21.6 Å². The van der Waals surface area contributed by atoms with Crippen molar-refractivity contribution < 1.29 is 13.2 Å². The summed E-state index contributed by atoms with van der Waals surface area (Å²) >= 11 is 0. The number of sulfonamides is 1. The van der Waals surface area contributed by atoms with Gasteiger partial charge in [-0.25, -0.2) is 13.1 Å². The molecule has 0 atom stereocenters. The summed E-state index contributed by atoms with van der Waals surface area (Å²) < 4.78 is 26.1. The number of anilines is 1. The number of nitrogens with one attached hydrogen (secondary N) is 3. The van der Waals surface area contributed by atoms with Crippen molar-refractivity contribution in [3.8, 4) is 0 Å². The van der Waals surface area contributed by atoms with Gasteiger partial charge in [0.25, 0.3) is 0 Å². The number of carbonyl (C=O) groups excluding carboxylic acids is 1. The summed E-state index contributed by atoms with van der Waals surface area (Å²) in [7, 11) is -2.23. The van der Waals surface area contributed by atoms with Crippen LogP contribution in [-0.2, 0) is 14.8 Å². The molecule has 2 rings (SSSR count). The SMILES string of the molecule is CNS(=O)(=O)c1ccccc1NC(=O)C1CCNCC1. The van der Waals surface area contributed by atoms with E-state index in [1.165, 1.54) is 13.1 Å². The fraction of sp³-hybridized carbons (Fsp3) is 0.462. The topological polar surface area (TPSA) is 87.3 Å². The Balaban J connectivity index is 2.19. The normalized spacial score (nSPS) is 16.9. The predicted molar refractivity (Wildman–Crippen MR) is 76.9 cm³/mol. The van der Waals surface area contributed by atoms with Gasteiger partial charge in [0, 0.05) is 5.92 Å². The van der Waals surface area contributed by atoms with Crippen LogP contribution in [0.1, 0.15) is 12.8 Å². The summed E-state index contributed by atoms with van der Waals surface area (Å²) in [5, 5.41) is 5.93. The van der Waals surface area contributed by atoms with E-state index in [1.54, 1.807) is 18.2 Å². The predicted octanol–water partition coefficient (Wildman–Crippen LogP) is 0.533. The third-order valence-electron chi connectivity index (χ3n) is 3.41. The number of hydrogen-bond donors (Lipinski definition) is 3. The first kappa shape index (κ1) is 15.0. The van der Waals surface area contributed by atoms with Crippen molar-refractivity contribution in [2.45, 2.75) is 17.7 Å². The van der Waals surface area contributed by atoms with Gasteiger partial charge in [-0.1, -0.05) is 12.1 Å². The first-order valence-electron chi connectivity index (χ1n) is 6.59. The van der Waals surface area contributed by atoms with Gasteiger partial charge in [-0.05, 0) is 45.1 Å². The highest BCUT2D eigenvalue weighted by atomic mass is 32.2. The lowest BCUT2D eigenvalue weighted by Crippen LogP contribution is -2.35. The molecule has 0 aliphatic carbocycles. The van der Waals surface area contributed by atoms with Gasteiger partial charge in [0.15, 0.2) is 0 Å². The molecule has 1 amide bonds. The van der Waals surface area contributed by atoms with Crippen LogP contribution < -0.4 is 15.4 Å². The monoisotopic (exact) mass is 297 g/mol. The molecule has 0 aromatic heterocycles. The lowest BCUT2D eigenvalue weighted by atomic mass is 9.97. The molecule has 1 heterocycles. The van der Waals surface area contributed by atoms with Crippen molar-refractivity contribution in [1.29, 1.82) is 0 Å². The number of amides is 1. The van der Waals surface area contributed by atoms with E-state index in [4.69, 9.17) is 0 Å². The van der Waals surface area contributed by atoms with Gasteiger partial charge in [0.05, 0.1) is 5.69 Å². The van der Waals surface area contributed by atoms with Gasteiger partial charge >= 0.3 is 0 Å². The smallest absolute Gasteiger partial charge is 0.242 e. The highest BCUT2D eigenvalue weighted by molar-refractivity contribution is 7.89. The summed E-state index contributed by atoms with van der Waals surface area (Å²) in [6.07, 6.45) is 1.54. The number of benzene rings is 1. The molecule has 110 valence electrons. The molecule has 20 heavy (non-hydrogen) atoms. The highest BCUT2D eigenvalue weighted by Crippen LogP contribution is 2.22. The van der Waals surface area contributed by atoms with Crippen LogP contribution in [0.5, 0.6) is 0 Å². The van der Waals surface area contributed by atoms with Gasteiger partial charge < -0.3 is 10.6 Å². The fourth-order valence-electron chi connectivity index (χ4n) is 2.23. The number of rotatable bonds is 4. The standard InChI is InChI=1S/C13H19N3O3S/c1-14-20(18,19)12-5-3-2-4-11(12)16-13(17)10-6-8-15-9-7-10/h2-5,10,14-15H,6-9H2,1H3,(H,16,17). The van der Waals surface area contributed by atoms with Crippen LogP contribution in [0, 0.1) is 5.92 Å². The van der Waals surface area contributed by atoms with Crippen molar-refractivity contribution in [3.05, 3.63) is 24.3 Å². The summed E-state index contributed by atoms with van der Waals surface area (Å²) in [4.78, 5) is 12.3. The molecule has 7 heteroatoms. The Morgan fingerprint density at radius 3 is 2.55 bits per heavy atom. The van der Waals surface area contributed by atoms with Gasteiger partial charge in [-0.3, -0.25) is 4.79 Å². The Hall–Kier alpha value is -1.44. The second-order valence-electron chi connectivity index (χ2n) is 4.72. The molecule has 1 aliphatic heterocycles. The molecule has 3 N–H and O–H groups in total. The first-order chi connectivity index (χ1) is 9.54. The Morgan fingerprint density at radius 2 is 1.90 bits per heavy atom. The lowest BCUT2D eigenvalue weighted by Gasteiger charge is -2.22. The van der Waals surface area contributed by atoms with Crippen molar-refractivity contribution in [3.63, 3.8) is 0 Å². The third kappa shape index (κ3) is 3.36. The van der Waals surface area contributed by atoms with E-state index in [-0.39, 0.29) is 16.7 Å². The Morgan fingerprint density at radius 1 is 1.25 bits per heavy atom. The zero-order chi connectivity index (χ0) is 14.6. The van der Waals surface area contributed by atoms with E-state index in [9.17, 15) is 13.2 Å². The Labute approximate surface area is 119 Å². The number of piperidine rings is 1. The Bertz CT molecular complexity index is 580. The molecule has 1 aromatic carbocycles. The van der Waals surface area contributed by atoms with E-state index in [0.29, 0.717) is 5.69 Å². The molecule has 1 aromatic rings. The molecule has 0 saturated carbocycles. The van der Waals surface area contributed by atoms with Crippen LogP contribution in [0.25, 0.3) is 0 Å². The van der Waals surface area contributed by atoms with Crippen molar-refractivity contribution in [2.75, 3.05) is 25.5 Å². The Kier molecular flexibility index (Phi) is 4.74. The van der Waals surface area contributed by atoms with E-state index >= 15 is 0 Å². The summed E-state index contributed by atoms with van der Waals surface area (Å²) in [5.74, 6) is -0.188. The number of para-hydroxylation sites is 1. The van der Waals surface area contributed by atoms with Gasteiger partial charge in [-0.15, -0.1) is 0 Å². The van der Waals surface area contributed by atoms with Crippen LogP contribution in [0.15, 0.2) is 29.2 Å². The minimum absolute atomic E-state index is 0.0680. The molecule has 1 saturated heterocycles. The van der Waals surface area contributed by atoms with Crippen LogP contribution in [0.3, 0.4) is 0 Å². The maximum Gasteiger partial charge on any atom is 0.242 e. The average Bonchev–Trinajstić information content (AvgIpc) is 2.48. The maximum atomic E-state index is 12.2. The zero-order valence-electron chi connectivity index (χ0n) is 11.3. The van der Waals surface area contributed by atoms with E-state index in [0.717, 1.165) is 25.9 Å². The summed E-state index contributed by atoms with van der Waals surface area (Å²) in [5.41, 5.74) is 0.324. The zero-order valence-corrected chi connectivity index (χ0v) is 12.2. The maximum absolute atomic E-state index is 12.2. The minimum Gasteiger partial charge on any atom is -0.325 e. The van der Waals surface area contributed by atoms with Crippen LogP contribution in [0.4, 0.5) is 5.69 Å². The third-order valence-corrected chi connectivity index (χ3v) is 4.89. The number of carbonyl (C=O) groups is 1. The van der Waals surface area contributed by atoms with Crippen molar-refractivity contribution in [2.24, 2.45) is 5.92 Å². The minimum atomic E-state index is -3.58. The highest BCUT2D eigenvalue weighted by Gasteiger charge is 2.23. The molecule has 0 radical (unpaired) electrons. The van der Waals surface area contributed by atoms with Gasteiger partial charge in [-0.2, -0.15) is 0 Å². The molecule has 0 spiro atoms. The fourth-order valence-corrected chi connectivity index (χ4v) is 3.12. The van der Waals surface area contributed by atoms with Crippen molar-refractivity contribution in [1.82, 2.24) is 10.0 Å². The number of hydrogen-bond acceptors (Lipinski definition) is 4. The van der Waals surface area contributed by atoms with E-state index in [2.05, 4.69) is 15.4 Å². The van der Waals surface area contributed by atoms with Crippen LogP contribution >= 0.6 is 0 Å². The molecular weight excluding hydrogens is 278 g/mol. The van der Waals surface area contributed by atoms with Gasteiger partial charge in [0.1, 0.15) is 4.90 Å².